The Morgan fingerprint density at radius 3 is 2.09 bits per heavy atom. The van der Waals surface area contributed by atoms with Crippen LogP contribution < -0.4 is 5.32 Å². The Kier molecular flexibility index (Phi) is 3.52. The number of likely N-dealkylation sites (N-methyl/N-ethyl adjacent to an activating group) is 1. The summed E-state index contributed by atoms with van der Waals surface area (Å²) < 4.78 is 0. The maximum absolute atomic E-state index is 10.5. The number of carboxylic acids is 1. The summed E-state index contributed by atoms with van der Waals surface area (Å²) in [5.41, 5.74) is 0.0616. The Morgan fingerprint density at radius 2 is 2.00 bits per heavy atom. The third-order valence-corrected chi connectivity index (χ3v) is 1.46. The molecule has 0 saturated carbocycles. The summed E-state index contributed by atoms with van der Waals surface area (Å²) in [5.74, 6) is -0.776. The lowest BCUT2D eigenvalue weighted by molar-refractivity contribution is -0.140. The summed E-state index contributed by atoms with van der Waals surface area (Å²) >= 11 is 0. The fourth-order valence-corrected chi connectivity index (χ4v) is 0.925. The molecule has 0 saturated heterocycles. The molecule has 1 unspecified atom stereocenters. The molecular formula is C8H17NO2. The van der Waals surface area contributed by atoms with Crippen molar-refractivity contribution in [1.29, 1.82) is 0 Å². The van der Waals surface area contributed by atoms with Crippen molar-refractivity contribution in [3.05, 3.63) is 0 Å². The Labute approximate surface area is 67.8 Å². The van der Waals surface area contributed by atoms with Crippen LogP contribution in [0.25, 0.3) is 0 Å². The average Bonchev–Trinajstić information content (AvgIpc) is 1.80. The Balaban J connectivity index is 3.99. The molecule has 3 nitrogen and oxygen atoms in total. The standard InChI is InChI=1S/C8H17NO2/c1-8(2,3)5-6(9-4)7(10)11/h6,9H,5H2,1-4H3,(H,10,11). The van der Waals surface area contributed by atoms with E-state index in [4.69, 9.17) is 5.11 Å². The monoisotopic (exact) mass is 159 g/mol. The summed E-state index contributed by atoms with van der Waals surface area (Å²) in [6.45, 7) is 6.08. The minimum atomic E-state index is -0.776. The van der Waals surface area contributed by atoms with Gasteiger partial charge in [0.15, 0.2) is 0 Å². The summed E-state index contributed by atoms with van der Waals surface area (Å²) in [5, 5.41) is 11.4. The number of nitrogens with one attached hydrogen (secondary N) is 1. The molecule has 0 bridgehead atoms. The average molecular weight is 159 g/mol. The van der Waals surface area contributed by atoms with Crippen LogP contribution in [0.5, 0.6) is 0 Å². The fraction of sp³-hybridized carbons (Fsp3) is 0.875. The largest absolute Gasteiger partial charge is 0.480 e. The van der Waals surface area contributed by atoms with Gasteiger partial charge in [-0.15, -0.1) is 0 Å². The van der Waals surface area contributed by atoms with Gasteiger partial charge in [0, 0.05) is 0 Å². The van der Waals surface area contributed by atoms with Crippen LogP contribution in [0.3, 0.4) is 0 Å². The molecule has 0 amide bonds. The molecule has 0 aromatic heterocycles. The van der Waals surface area contributed by atoms with Gasteiger partial charge in [0.2, 0.25) is 0 Å². The molecule has 0 aromatic rings. The van der Waals surface area contributed by atoms with Gasteiger partial charge in [0.05, 0.1) is 0 Å². The summed E-state index contributed by atoms with van der Waals surface area (Å²) in [7, 11) is 1.67. The first-order chi connectivity index (χ1) is 4.87. The first-order valence-corrected chi connectivity index (χ1v) is 3.77. The number of rotatable bonds is 3. The number of aliphatic carboxylic acids is 1. The number of carbonyl (C=O) groups is 1. The van der Waals surface area contributed by atoms with Crippen molar-refractivity contribution in [2.45, 2.75) is 33.2 Å². The molecule has 0 aliphatic heterocycles. The lowest BCUT2D eigenvalue weighted by atomic mass is 9.88. The zero-order valence-corrected chi connectivity index (χ0v) is 7.64. The lowest BCUT2D eigenvalue weighted by Crippen LogP contribution is -2.37. The van der Waals surface area contributed by atoms with Crippen LogP contribution in [0.2, 0.25) is 0 Å². The summed E-state index contributed by atoms with van der Waals surface area (Å²) in [6, 6.07) is -0.421. The molecule has 0 spiro atoms. The Hall–Kier alpha value is -0.570. The van der Waals surface area contributed by atoms with Crippen molar-refractivity contribution in [2.24, 2.45) is 5.41 Å². The highest BCUT2D eigenvalue weighted by Crippen LogP contribution is 2.20. The molecular weight excluding hydrogens is 142 g/mol. The molecule has 11 heavy (non-hydrogen) atoms. The maximum atomic E-state index is 10.5. The smallest absolute Gasteiger partial charge is 0.320 e. The van der Waals surface area contributed by atoms with E-state index < -0.39 is 12.0 Å². The van der Waals surface area contributed by atoms with Crippen molar-refractivity contribution in [2.75, 3.05) is 7.05 Å². The van der Waals surface area contributed by atoms with E-state index in [1.165, 1.54) is 0 Å². The van der Waals surface area contributed by atoms with E-state index in [-0.39, 0.29) is 5.41 Å². The molecule has 0 fully saturated rings. The van der Waals surface area contributed by atoms with Gasteiger partial charge in [-0.25, -0.2) is 0 Å². The maximum Gasteiger partial charge on any atom is 0.320 e. The van der Waals surface area contributed by atoms with Gasteiger partial charge in [0.25, 0.3) is 0 Å². The second-order valence-corrected chi connectivity index (χ2v) is 3.94. The van der Waals surface area contributed by atoms with Crippen LogP contribution in [-0.2, 0) is 4.79 Å². The molecule has 66 valence electrons. The highest BCUT2D eigenvalue weighted by molar-refractivity contribution is 5.73. The molecule has 0 rings (SSSR count). The molecule has 0 heterocycles. The van der Waals surface area contributed by atoms with Gasteiger partial charge in [-0.05, 0) is 18.9 Å². The third kappa shape index (κ3) is 4.79. The zero-order chi connectivity index (χ0) is 9.07. The zero-order valence-electron chi connectivity index (χ0n) is 7.64. The van der Waals surface area contributed by atoms with E-state index in [9.17, 15) is 4.79 Å². The molecule has 3 heteroatoms. The summed E-state index contributed by atoms with van der Waals surface area (Å²) in [6.07, 6.45) is 0.652. The molecule has 0 aromatic carbocycles. The van der Waals surface area contributed by atoms with Crippen LogP contribution in [0, 0.1) is 5.41 Å². The van der Waals surface area contributed by atoms with E-state index in [0.29, 0.717) is 6.42 Å². The second-order valence-electron chi connectivity index (χ2n) is 3.94. The van der Waals surface area contributed by atoms with Crippen molar-refractivity contribution in [3.8, 4) is 0 Å². The van der Waals surface area contributed by atoms with Crippen molar-refractivity contribution in [1.82, 2.24) is 5.32 Å². The van der Waals surface area contributed by atoms with E-state index in [0.717, 1.165) is 0 Å². The second kappa shape index (κ2) is 3.72. The Morgan fingerprint density at radius 1 is 1.55 bits per heavy atom. The first-order valence-electron chi connectivity index (χ1n) is 3.77. The van der Waals surface area contributed by atoms with Crippen molar-refractivity contribution in [3.63, 3.8) is 0 Å². The minimum absolute atomic E-state index is 0.0616. The SMILES string of the molecule is CNC(CC(C)(C)C)C(=O)O. The van der Waals surface area contributed by atoms with E-state index in [1.807, 2.05) is 20.8 Å². The minimum Gasteiger partial charge on any atom is -0.480 e. The third-order valence-electron chi connectivity index (χ3n) is 1.46. The number of carboxylic acid groups (broad SMARTS) is 1. The van der Waals surface area contributed by atoms with Crippen LogP contribution >= 0.6 is 0 Å². The lowest BCUT2D eigenvalue weighted by Gasteiger charge is -2.22. The summed E-state index contributed by atoms with van der Waals surface area (Å²) in [4.78, 5) is 10.5. The van der Waals surface area contributed by atoms with Gasteiger partial charge in [-0.1, -0.05) is 20.8 Å². The molecule has 1 atom stereocenters. The van der Waals surface area contributed by atoms with Crippen LogP contribution in [0.1, 0.15) is 27.2 Å². The van der Waals surface area contributed by atoms with Gasteiger partial charge in [0.1, 0.15) is 6.04 Å². The van der Waals surface area contributed by atoms with Gasteiger partial charge >= 0.3 is 5.97 Å². The van der Waals surface area contributed by atoms with E-state index >= 15 is 0 Å². The Bertz CT molecular complexity index is 138. The first kappa shape index (κ1) is 10.4. The molecule has 0 aliphatic rings. The quantitative estimate of drug-likeness (QED) is 0.648. The predicted octanol–water partition coefficient (Wildman–Crippen LogP) is 1.10. The van der Waals surface area contributed by atoms with Crippen molar-refractivity contribution < 1.29 is 9.90 Å². The molecule has 0 aliphatic carbocycles. The van der Waals surface area contributed by atoms with Gasteiger partial charge in [-0.2, -0.15) is 0 Å². The number of hydrogen-bond acceptors (Lipinski definition) is 2. The van der Waals surface area contributed by atoms with Crippen molar-refractivity contribution >= 4 is 5.97 Å². The van der Waals surface area contributed by atoms with E-state index in [2.05, 4.69) is 5.32 Å². The van der Waals surface area contributed by atoms with Crippen LogP contribution in [0.4, 0.5) is 0 Å². The highest BCUT2D eigenvalue weighted by atomic mass is 16.4. The van der Waals surface area contributed by atoms with Gasteiger partial charge < -0.3 is 10.4 Å². The molecule has 0 radical (unpaired) electrons. The normalized spacial score (nSPS) is 14.5. The van der Waals surface area contributed by atoms with E-state index in [1.54, 1.807) is 7.05 Å². The number of hydrogen-bond donors (Lipinski definition) is 2. The van der Waals surface area contributed by atoms with Gasteiger partial charge in [-0.3, -0.25) is 4.79 Å². The highest BCUT2D eigenvalue weighted by Gasteiger charge is 2.22. The van der Waals surface area contributed by atoms with Crippen LogP contribution in [-0.4, -0.2) is 24.2 Å². The predicted molar refractivity (Wildman–Crippen MR) is 44.6 cm³/mol. The topological polar surface area (TPSA) is 49.3 Å². The van der Waals surface area contributed by atoms with Crippen LogP contribution in [0.15, 0.2) is 0 Å². The fourth-order valence-electron chi connectivity index (χ4n) is 0.925. The molecule has 2 N–H and O–H groups in total.